The van der Waals surface area contributed by atoms with E-state index in [0.29, 0.717) is 0 Å². The van der Waals surface area contributed by atoms with Crippen LogP contribution in [0, 0.1) is 6.92 Å². The van der Waals surface area contributed by atoms with Crippen LogP contribution < -0.4 is 26.2 Å². The molecular weight excluding hydrogens is 916 g/mol. The van der Waals surface area contributed by atoms with Crippen molar-refractivity contribution in [2.45, 2.75) is 162 Å². The lowest BCUT2D eigenvalue weighted by Crippen LogP contribution is -2.62. The monoisotopic (exact) mass is 993 g/mol. The molecule has 0 saturated carbocycles. The molecule has 8 aromatic carbocycles. The van der Waals surface area contributed by atoms with E-state index in [9.17, 15) is 0 Å². The fourth-order valence-corrected chi connectivity index (χ4v) is 15.3. The first-order valence-corrected chi connectivity index (χ1v) is 28.4. The first-order chi connectivity index (χ1) is 35.7. The molecule has 2 nitrogen and oxygen atoms in total. The maximum Gasteiger partial charge on any atom is 0.252 e. The van der Waals surface area contributed by atoms with Gasteiger partial charge in [-0.25, -0.2) is 0 Å². The zero-order valence-electron chi connectivity index (χ0n) is 48.3. The van der Waals surface area contributed by atoms with E-state index in [2.05, 4.69) is 272 Å². The van der Waals surface area contributed by atoms with Crippen LogP contribution in [-0.4, -0.2) is 6.71 Å². The second-order valence-corrected chi connectivity index (χ2v) is 28.2. The molecule has 2 heterocycles. The average Bonchev–Trinajstić information content (AvgIpc) is 3.56. The van der Waals surface area contributed by atoms with Crippen molar-refractivity contribution in [3.8, 4) is 11.1 Å². The highest BCUT2D eigenvalue weighted by molar-refractivity contribution is 7.00. The second-order valence-electron chi connectivity index (χ2n) is 28.2. The normalized spacial score (nSPS) is 19.0. The number of nitrogens with zero attached hydrogens (tertiary/aromatic N) is 2. The van der Waals surface area contributed by atoms with Crippen LogP contribution in [0.2, 0.25) is 0 Å². The van der Waals surface area contributed by atoms with Crippen LogP contribution in [0.5, 0.6) is 0 Å². The average molecular weight is 993 g/mol. The van der Waals surface area contributed by atoms with Gasteiger partial charge in [-0.2, -0.15) is 0 Å². The van der Waals surface area contributed by atoms with Crippen LogP contribution in [0.25, 0.3) is 11.1 Å². The summed E-state index contributed by atoms with van der Waals surface area (Å²) in [5.41, 5.74) is 30.3. The predicted molar refractivity (Wildman–Crippen MR) is 326 cm³/mol. The van der Waals surface area contributed by atoms with Gasteiger partial charge in [0.15, 0.2) is 0 Å². The molecule has 382 valence electrons. The summed E-state index contributed by atoms with van der Waals surface area (Å²) >= 11 is 0. The third kappa shape index (κ3) is 6.72. The minimum Gasteiger partial charge on any atom is -0.311 e. The van der Waals surface area contributed by atoms with Crippen molar-refractivity contribution >= 4 is 57.2 Å². The molecule has 76 heavy (non-hydrogen) atoms. The Morgan fingerprint density at radius 2 is 0.829 bits per heavy atom. The molecule has 13 rings (SSSR count). The van der Waals surface area contributed by atoms with Crippen molar-refractivity contribution in [2.24, 2.45) is 0 Å². The quantitative estimate of drug-likeness (QED) is 0.163. The lowest BCUT2D eigenvalue weighted by atomic mass is 9.32. The van der Waals surface area contributed by atoms with Crippen LogP contribution in [0.1, 0.15) is 183 Å². The molecule has 0 amide bonds. The summed E-state index contributed by atoms with van der Waals surface area (Å²) in [7, 11) is 0. The Balaban J connectivity index is 1.19. The standard InChI is InChI=1S/C73H77BN2/c1-44-36-64-66-65(37-44)76(61-33-30-46(67(2,3)4)38-48(61)45-24-18-17-19-25-45)63-43-58-56(71(11,12)51-27-21-23-29-53(51)73(58,15)16)41-60(63)74(66)59-40-55-57(72(13,14)52-28-22-20-26-50(52)70(55,9)10)42-62(59)75(64)47-31-32-49-54(39-47)69(7,8)35-34-68(49,5)6/h17-33,36-43H,34-35H2,1-16H3. The first-order valence-electron chi connectivity index (χ1n) is 28.4. The smallest absolute Gasteiger partial charge is 0.252 e. The highest BCUT2D eigenvalue weighted by Crippen LogP contribution is 2.57. The summed E-state index contributed by atoms with van der Waals surface area (Å²) < 4.78 is 0. The fourth-order valence-electron chi connectivity index (χ4n) is 15.3. The van der Waals surface area contributed by atoms with Gasteiger partial charge in [0.05, 0.1) is 5.69 Å². The van der Waals surface area contributed by atoms with E-state index in [1.54, 1.807) is 0 Å². The zero-order valence-corrected chi connectivity index (χ0v) is 48.3. The predicted octanol–water partition coefficient (Wildman–Crippen LogP) is 17.3. The molecule has 0 saturated heterocycles. The van der Waals surface area contributed by atoms with Crippen LogP contribution in [0.3, 0.4) is 0 Å². The number of fused-ring (bicyclic) bond motifs is 9. The van der Waals surface area contributed by atoms with Gasteiger partial charge in [0.25, 0.3) is 6.71 Å². The van der Waals surface area contributed by atoms with E-state index in [0.717, 1.165) is 6.42 Å². The molecular formula is C73H77BN2. The molecule has 0 fully saturated rings. The fraction of sp³-hybridized carbons (Fsp3) is 0.342. The molecule has 0 bridgehead atoms. The number of rotatable bonds is 3. The number of benzene rings is 8. The van der Waals surface area contributed by atoms with Gasteiger partial charge in [-0.3, -0.25) is 0 Å². The Kier molecular flexibility index (Phi) is 10.2. The van der Waals surface area contributed by atoms with Crippen molar-refractivity contribution in [1.29, 1.82) is 0 Å². The minimum atomic E-state index is -0.239. The van der Waals surface area contributed by atoms with Crippen molar-refractivity contribution in [2.75, 3.05) is 9.80 Å². The molecule has 2 aliphatic heterocycles. The Morgan fingerprint density at radius 1 is 0.382 bits per heavy atom. The highest BCUT2D eigenvalue weighted by Gasteiger charge is 2.51. The first kappa shape index (κ1) is 49.0. The molecule has 5 aliphatic rings. The van der Waals surface area contributed by atoms with Gasteiger partial charge in [0.2, 0.25) is 0 Å². The molecule has 3 aliphatic carbocycles. The molecule has 0 N–H and O–H groups in total. The zero-order chi connectivity index (χ0) is 53.6. The van der Waals surface area contributed by atoms with Crippen molar-refractivity contribution in [3.63, 3.8) is 0 Å². The lowest BCUT2D eigenvalue weighted by molar-refractivity contribution is 0.332. The number of hydrogen-bond acceptors (Lipinski definition) is 2. The van der Waals surface area contributed by atoms with Crippen molar-refractivity contribution in [1.82, 2.24) is 0 Å². The Morgan fingerprint density at radius 3 is 1.33 bits per heavy atom. The Bertz CT molecular complexity index is 3780. The maximum absolute atomic E-state index is 2.71. The van der Waals surface area contributed by atoms with E-state index < -0.39 is 0 Å². The molecule has 0 aromatic heterocycles. The van der Waals surface area contributed by atoms with E-state index >= 15 is 0 Å². The van der Waals surface area contributed by atoms with E-state index in [4.69, 9.17) is 0 Å². The Hall–Kier alpha value is -6.58. The SMILES string of the molecule is Cc1cc2c3c(c1)N(c1ccc(C(C)(C)C)cc1-c1ccccc1)c1cc4c(cc1B3c1cc3c(cc1N2c1ccc2c(c1)C(C)(C)CCC2(C)C)C(C)(C)c1ccccc1C3(C)C)C(C)(C)c1ccccc1C4(C)C. The summed E-state index contributed by atoms with van der Waals surface area (Å²) in [6.45, 7) is 38.9. The number of hydrogen-bond donors (Lipinski definition) is 0. The number of aryl methyl sites for hydroxylation is 1. The van der Waals surface area contributed by atoms with Crippen LogP contribution in [-0.2, 0) is 37.9 Å². The summed E-state index contributed by atoms with van der Waals surface area (Å²) in [5, 5.41) is 0. The third-order valence-electron chi connectivity index (χ3n) is 20.0. The highest BCUT2D eigenvalue weighted by atomic mass is 15.2. The van der Waals surface area contributed by atoms with Gasteiger partial charge in [0.1, 0.15) is 0 Å². The van der Waals surface area contributed by atoms with E-state index in [1.807, 2.05) is 0 Å². The topological polar surface area (TPSA) is 6.48 Å². The van der Waals surface area contributed by atoms with Crippen LogP contribution in [0.4, 0.5) is 34.1 Å². The summed E-state index contributed by atoms with van der Waals surface area (Å²) in [6.07, 6.45) is 2.35. The molecule has 3 heteroatoms. The molecule has 8 aromatic rings. The minimum absolute atomic E-state index is 0.0393. The Labute approximate surface area is 455 Å². The van der Waals surface area contributed by atoms with Crippen molar-refractivity contribution < 1.29 is 0 Å². The summed E-state index contributed by atoms with van der Waals surface area (Å²) in [5.74, 6) is 0. The van der Waals surface area contributed by atoms with Gasteiger partial charge in [-0.15, -0.1) is 0 Å². The third-order valence-corrected chi connectivity index (χ3v) is 20.0. The molecule has 0 unspecified atom stereocenters. The van der Waals surface area contributed by atoms with E-state index in [1.165, 1.54) is 135 Å². The molecule has 0 atom stereocenters. The maximum atomic E-state index is 2.71. The molecule has 0 radical (unpaired) electrons. The molecule has 0 spiro atoms. The van der Waals surface area contributed by atoms with Gasteiger partial charge < -0.3 is 9.80 Å². The van der Waals surface area contributed by atoms with Crippen LogP contribution >= 0.6 is 0 Å². The van der Waals surface area contributed by atoms with Gasteiger partial charge >= 0.3 is 0 Å². The summed E-state index contributed by atoms with van der Waals surface area (Å²) in [4.78, 5) is 5.42. The second kappa shape index (κ2) is 15.8. The van der Waals surface area contributed by atoms with Crippen LogP contribution in [0.15, 0.2) is 152 Å². The van der Waals surface area contributed by atoms with Gasteiger partial charge in [-0.05, 0) is 173 Å². The van der Waals surface area contributed by atoms with E-state index in [-0.39, 0.29) is 44.6 Å². The van der Waals surface area contributed by atoms with Gasteiger partial charge in [0, 0.05) is 55.7 Å². The van der Waals surface area contributed by atoms with Crippen molar-refractivity contribution in [3.05, 3.63) is 218 Å². The number of anilines is 6. The largest absolute Gasteiger partial charge is 0.311 e. The lowest BCUT2D eigenvalue weighted by Gasteiger charge is -2.50. The van der Waals surface area contributed by atoms with Gasteiger partial charge in [-0.1, -0.05) is 207 Å². The summed E-state index contributed by atoms with van der Waals surface area (Å²) in [6, 6.07) is 60.4.